The summed E-state index contributed by atoms with van der Waals surface area (Å²) in [4.78, 5) is 0. The second kappa shape index (κ2) is 7.82. The van der Waals surface area contributed by atoms with Crippen LogP contribution < -0.4 is 0 Å². The summed E-state index contributed by atoms with van der Waals surface area (Å²) in [6.07, 6.45) is 10.1. The first-order chi connectivity index (χ1) is 13.7. The van der Waals surface area contributed by atoms with Gasteiger partial charge in [0.1, 0.15) is 0 Å². The van der Waals surface area contributed by atoms with Crippen LogP contribution in [0.3, 0.4) is 0 Å². The quantitative estimate of drug-likeness (QED) is 0.681. The van der Waals surface area contributed by atoms with Gasteiger partial charge in [0, 0.05) is 5.02 Å². The van der Waals surface area contributed by atoms with E-state index >= 15 is 0 Å². The minimum Gasteiger partial charge on any atom is -0.394 e. The number of halogens is 1. The number of ether oxygens (including phenoxy) is 1. The van der Waals surface area contributed by atoms with Crippen molar-refractivity contribution in [3.8, 4) is 0 Å². The normalized spacial score (nSPS) is 24.4. The van der Waals surface area contributed by atoms with E-state index in [1.54, 1.807) is 0 Å². The predicted octanol–water partition coefficient (Wildman–Crippen LogP) is 5.90. The molecule has 1 heterocycles. The number of aliphatic hydroxyl groups excluding tert-OH is 1. The molecule has 2 atom stereocenters. The molecular weight excluding hydrogens is 368 g/mol. The minimum absolute atomic E-state index is 0.0232. The molecule has 28 heavy (non-hydrogen) atoms. The summed E-state index contributed by atoms with van der Waals surface area (Å²) in [6.45, 7) is 0.118. The average Bonchev–Trinajstić information content (AvgIpc) is 3.47. The molecule has 0 unspecified atom stereocenters. The molecule has 2 aliphatic carbocycles. The Labute approximate surface area is 172 Å². The van der Waals surface area contributed by atoms with E-state index in [9.17, 15) is 5.11 Å². The number of rotatable bonds is 5. The van der Waals surface area contributed by atoms with Crippen molar-refractivity contribution in [1.29, 1.82) is 0 Å². The van der Waals surface area contributed by atoms with Gasteiger partial charge in [-0.15, -0.1) is 0 Å². The van der Waals surface area contributed by atoms with Gasteiger partial charge in [-0.3, -0.25) is 0 Å². The summed E-state index contributed by atoms with van der Waals surface area (Å²) in [5.41, 5.74) is 8.13. The highest BCUT2D eigenvalue weighted by Gasteiger charge is 2.29. The van der Waals surface area contributed by atoms with E-state index in [4.69, 9.17) is 16.3 Å². The molecule has 2 aromatic rings. The average molecular weight is 397 g/mol. The van der Waals surface area contributed by atoms with Gasteiger partial charge < -0.3 is 9.84 Å². The molecule has 1 aliphatic heterocycles. The summed E-state index contributed by atoms with van der Waals surface area (Å²) < 4.78 is 6.25. The smallest absolute Gasteiger partial charge is 0.0832 e. The van der Waals surface area contributed by atoms with Gasteiger partial charge in [-0.2, -0.15) is 0 Å². The van der Waals surface area contributed by atoms with E-state index < -0.39 is 0 Å². The fourth-order valence-electron chi connectivity index (χ4n) is 5.06. The lowest BCUT2D eigenvalue weighted by molar-refractivity contribution is -0.0740. The fraction of sp³-hybridized carbons (Fsp3) is 0.520. The maximum absolute atomic E-state index is 9.56. The van der Waals surface area contributed by atoms with Crippen molar-refractivity contribution in [2.24, 2.45) is 0 Å². The lowest BCUT2D eigenvalue weighted by Gasteiger charge is -2.31. The summed E-state index contributed by atoms with van der Waals surface area (Å²) in [5.74, 6) is 0.798. The Morgan fingerprint density at radius 2 is 1.75 bits per heavy atom. The van der Waals surface area contributed by atoms with Gasteiger partial charge in [-0.05, 0) is 97.1 Å². The van der Waals surface area contributed by atoms with E-state index in [1.807, 2.05) is 0 Å². The number of fused-ring (bicyclic) bond motifs is 1. The Balaban J connectivity index is 1.46. The van der Waals surface area contributed by atoms with Crippen molar-refractivity contribution < 1.29 is 9.84 Å². The first-order valence-electron chi connectivity index (χ1n) is 10.9. The Bertz CT molecular complexity index is 854. The van der Waals surface area contributed by atoms with Crippen LogP contribution in [0, 0.1) is 0 Å². The molecule has 0 aromatic heterocycles. The third-order valence-corrected chi connectivity index (χ3v) is 7.24. The number of benzene rings is 2. The number of aliphatic hydroxyl groups is 1. The van der Waals surface area contributed by atoms with Crippen LogP contribution in [0.5, 0.6) is 0 Å². The van der Waals surface area contributed by atoms with Crippen molar-refractivity contribution in [3.05, 3.63) is 68.7 Å². The maximum Gasteiger partial charge on any atom is 0.0832 e. The highest BCUT2D eigenvalue weighted by molar-refractivity contribution is 6.32. The molecule has 2 fully saturated rings. The van der Waals surface area contributed by atoms with Crippen molar-refractivity contribution in [2.75, 3.05) is 6.61 Å². The van der Waals surface area contributed by atoms with Gasteiger partial charge in [-0.1, -0.05) is 41.9 Å². The van der Waals surface area contributed by atoms with Gasteiger partial charge in [0.05, 0.1) is 18.8 Å². The predicted molar refractivity (Wildman–Crippen MR) is 113 cm³/mol. The van der Waals surface area contributed by atoms with E-state index in [-0.39, 0.29) is 18.8 Å². The molecule has 0 bridgehead atoms. The van der Waals surface area contributed by atoms with Crippen LogP contribution in [0.15, 0.2) is 30.3 Å². The zero-order chi connectivity index (χ0) is 19.1. The molecule has 1 N–H and O–H groups in total. The molecule has 1 saturated heterocycles. The van der Waals surface area contributed by atoms with E-state index in [2.05, 4.69) is 30.3 Å². The molecule has 2 aromatic carbocycles. The minimum atomic E-state index is -0.0232. The SMILES string of the molecule is OC[C@H]1CCC[C@@H](c2cc(Cc3ccc(C4CC4)cc3)c(Cl)c3c2CCC3)O1. The van der Waals surface area contributed by atoms with Crippen LogP contribution in [0.1, 0.15) is 83.9 Å². The van der Waals surface area contributed by atoms with Gasteiger partial charge in [0.25, 0.3) is 0 Å². The van der Waals surface area contributed by atoms with Crippen molar-refractivity contribution in [2.45, 2.75) is 75.9 Å². The van der Waals surface area contributed by atoms with E-state index in [1.165, 1.54) is 52.6 Å². The van der Waals surface area contributed by atoms with Gasteiger partial charge in [-0.25, -0.2) is 0 Å². The molecule has 0 radical (unpaired) electrons. The molecule has 0 spiro atoms. The number of hydrogen-bond donors (Lipinski definition) is 1. The Morgan fingerprint density at radius 1 is 0.964 bits per heavy atom. The van der Waals surface area contributed by atoms with Crippen molar-refractivity contribution in [3.63, 3.8) is 0 Å². The van der Waals surface area contributed by atoms with E-state index in [0.29, 0.717) is 0 Å². The fourth-order valence-corrected chi connectivity index (χ4v) is 5.39. The first kappa shape index (κ1) is 18.7. The topological polar surface area (TPSA) is 29.5 Å². The van der Waals surface area contributed by atoms with Crippen LogP contribution >= 0.6 is 11.6 Å². The monoisotopic (exact) mass is 396 g/mol. The first-order valence-corrected chi connectivity index (χ1v) is 11.3. The zero-order valence-electron chi connectivity index (χ0n) is 16.4. The molecule has 148 valence electrons. The summed E-state index contributed by atoms with van der Waals surface area (Å²) in [7, 11) is 0. The molecule has 5 rings (SSSR count). The number of hydrogen-bond acceptors (Lipinski definition) is 2. The van der Waals surface area contributed by atoms with Crippen molar-refractivity contribution >= 4 is 11.6 Å². The third-order valence-electron chi connectivity index (χ3n) is 6.77. The zero-order valence-corrected chi connectivity index (χ0v) is 17.2. The second-order valence-corrected chi connectivity index (χ2v) is 9.18. The molecule has 3 aliphatic rings. The van der Waals surface area contributed by atoms with Gasteiger partial charge in [0.2, 0.25) is 0 Å². The van der Waals surface area contributed by atoms with Crippen LogP contribution in [0.2, 0.25) is 5.02 Å². The maximum atomic E-state index is 9.56. The molecular formula is C25H29ClO2. The Morgan fingerprint density at radius 3 is 2.50 bits per heavy atom. The highest BCUT2D eigenvalue weighted by atomic mass is 35.5. The van der Waals surface area contributed by atoms with Crippen LogP contribution in [0.25, 0.3) is 0 Å². The molecule has 3 heteroatoms. The lowest BCUT2D eigenvalue weighted by Crippen LogP contribution is -2.26. The van der Waals surface area contributed by atoms with Crippen molar-refractivity contribution in [1.82, 2.24) is 0 Å². The summed E-state index contributed by atoms with van der Waals surface area (Å²) in [6, 6.07) is 11.5. The van der Waals surface area contributed by atoms with Crippen LogP contribution in [-0.4, -0.2) is 17.8 Å². The van der Waals surface area contributed by atoms with Gasteiger partial charge in [0.15, 0.2) is 0 Å². The second-order valence-electron chi connectivity index (χ2n) is 8.80. The third kappa shape index (κ3) is 3.63. The van der Waals surface area contributed by atoms with Crippen LogP contribution in [-0.2, 0) is 24.0 Å². The van der Waals surface area contributed by atoms with Gasteiger partial charge >= 0.3 is 0 Å². The standard InChI is InChI=1S/C25H29ClO2/c26-25-19(13-16-7-9-17(10-8-16)18-11-12-18)14-23(21-4-2-5-22(21)25)24-6-1-3-20(15-27)28-24/h7-10,14,18,20,24,27H,1-6,11-13,15H2/t20-,24+/m1/s1. The Kier molecular flexibility index (Phi) is 5.21. The van der Waals surface area contributed by atoms with Crippen LogP contribution in [0.4, 0.5) is 0 Å². The highest BCUT2D eigenvalue weighted by Crippen LogP contribution is 2.42. The summed E-state index contributed by atoms with van der Waals surface area (Å²) in [5, 5.41) is 10.5. The molecule has 0 amide bonds. The lowest BCUT2D eigenvalue weighted by atomic mass is 9.89. The summed E-state index contributed by atoms with van der Waals surface area (Å²) >= 11 is 6.88. The largest absolute Gasteiger partial charge is 0.394 e. The molecule has 2 nitrogen and oxygen atoms in total. The Hall–Kier alpha value is -1.35. The van der Waals surface area contributed by atoms with E-state index in [0.717, 1.165) is 49.5 Å². The molecule has 1 saturated carbocycles.